The Morgan fingerprint density at radius 1 is 1.17 bits per heavy atom. The highest BCUT2D eigenvalue weighted by atomic mass is 35.5. The Kier molecular flexibility index (Phi) is 8.69. The average Bonchev–Trinajstić information content (AvgIpc) is 2.89. The molecule has 1 N–H and O–H groups in total. The van der Waals surface area contributed by atoms with Crippen LogP contribution in [0.2, 0.25) is 10.0 Å². The zero-order chi connectivity index (χ0) is 25.7. The molecule has 1 unspecified atom stereocenters. The van der Waals surface area contributed by atoms with Crippen LogP contribution in [0.3, 0.4) is 0 Å². The van der Waals surface area contributed by atoms with Crippen LogP contribution in [0.25, 0.3) is 10.9 Å². The van der Waals surface area contributed by atoms with Gasteiger partial charge in [0.25, 0.3) is 0 Å². The number of aromatic nitrogens is 1. The van der Waals surface area contributed by atoms with E-state index in [0.29, 0.717) is 40.7 Å². The summed E-state index contributed by atoms with van der Waals surface area (Å²) in [5.41, 5.74) is 1.40. The van der Waals surface area contributed by atoms with E-state index >= 15 is 4.39 Å². The maximum absolute atomic E-state index is 15.6. The van der Waals surface area contributed by atoms with E-state index in [2.05, 4.69) is 21.7 Å². The van der Waals surface area contributed by atoms with Crippen molar-refractivity contribution in [3.63, 3.8) is 0 Å². The molecule has 1 saturated heterocycles. The molecule has 0 radical (unpaired) electrons. The lowest BCUT2D eigenvalue weighted by Crippen LogP contribution is -2.42. The minimum absolute atomic E-state index is 0.00592. The van der Waals surface area contributed by atoms with Gasteiger partial charge >= 0.3 is 0 Å². The number of fused-ring (bicyclic) bond motifs is 1. The van der Waals surface area contributed by atoms with E-state index in [1.807, 2.05) is 0 Å². The molecule has 4 rings (SSSR count). The topological polar surface area (TPSA) is 45.6 Å². The summed E-state index contributed by atoms with van der Waals surface area (Å²) in [7, 11) is 1.56. The second-order valence-electron chi connectivity index (χ2n) is 9.27. The summed E-state index contributed by atoms with van der Waals surface area (Å²) >= 11 is 12.2. The van der Waals surface area contributed by atoms with Crippen molar-refractivity contribution in [1.82, 2.24) is 9.88 Å². The van der Waals surface area contributed by atoms with Crippen LogP contribution in [-0.4, -0.2) is 48.3 Å². The summed E-state index contributed by atoms with van der Waals surface area (Å²) in [4.78, 5) is 6.51. The summed E-state index contributed by atoms with van der Waals surface area (Å²) in [6, 6.07) is 9.76. The van der Waals surface area contributed by atoms with Crippen LogP contribution in [0, 0.1) is 23.1 Å². The number of methoxy groups -OCH3 is 1. The molecule has 0 saturated carbocycles. The number of hydrogen-bond donors (Lipinski definition) is 1. The lowest BCUT2D eigenvalue weighted by molar-refractivity contribution is 0.0344. The molecule has 8 heteroatoms. The highest BCUT2D eigenvalue weighted by Gasteiger charge is 2.35. The van der Waals surface area contributed by atoms with Gasteiger partial charge in [0.05, 0.1) is 29.2 Å². The smallest absolute Gasteiger partial charge is 0.141 e. The van der Waals surface area contributed by atoms with Crippen LogP contribution in [0.1, 0.15) is 43.0 Å². The predicted octanol–water partition coefficient (Wildman–Crippen LogP) is 6.61. The van der Waals surface area contributed by atoms with Gasteiger partial charge in [0.15, 0.2) is 0 Å². The maximum Gasteiger partial charge on any atom is 0.141 e. The molecule has 190 valence electrons. The molecule has 1 aromatic heterocycles. The van der Waals surface area contributed by atoms with Gasteiger partial charge in [-0.05, 0) is 80.6 Å². The molecule has 36 heavy (non-hydrogen) atoms. The molecule has 0 aliphatic carbocycles. The van der Waals surface area contributed by atoms with Crippen molar-refractivity contribution < 1.29 is 18.6 Å². The monoisotopic (exact) mass is 532 g/mol. The Morgan fingerprint density at radius 2 is 1.94 bits per heavy atom. The van der Waals surface area contributed by atoms with E-state index < -0.39 is 12.0 Å². The van der Waals surface area contributed by atoms with Crippen molar-refractivity contribution in [2.75, 3.05) is 33.4 Å². The SMILES string of the molecule is COc1ccc2ncc(Cl)c(C(F)CCC3(CO)CCN(CC#Cc4ccc(F)c(Cl)c4)CC3)c2c1. The first-order valence-corrected chi connectivity index (χ1v) is 12.6. The number of aliphatic hydroxyl groups is 1. The largest absolute Gasteiger partial charge is 0.497 e. The van der Waals surface area contributed by atoms with Crippen molar-refractivity contribution in [2.45, 2.75) is 31.9 Å². The number of ether oxygens (including phenoxy) is 1. The second-order valence-corrected chi connectivity index (χ2v) is 10.1. The van der Waals surface area contributed by atoms with Crippen LogP contribution < -0.4 is 4.74 Å². The lowest BCUT2D eigenvalue weighted by Gasteiger charge is -2.40. The summed E-state index contributed by atoms with van der Waals surface area (Å²) in [6.07, 6.45) is 2.49. The highest BCUT2D eigenvalue weighted by molar-refractivity contribution is 6.32. The number of rotatable bonds is 7. The van der Waals surface area contributed by atoms with Gasteiger partial charge in [-0.15, -0.1) is 0 Å². The van der Waals surface area contributed by atoms with Crippen LogP contribution in [0.15, 0.2) is 42.6 Å². The normalized spacial score (nSPS) is 16.4. The number of pyridine rings is 1. The van der Waals surface area contributed by atoms with Gasteiger partial charge in [-0.1, -0.05) is 35.0 Å². The first kappa shape index (κ1) is 26.6. The zero-order valence-corrected chi connectivity index (χ0v) is 21.5. The van der Waals surface area contributed by atoms with Crippen LogP contribution in [-0.2, 0) is 0 Å². The molecule has 1 fully saturated rings. The molecule has 1 aliphatic rings. The average molecular weight is 533 g/mol. The Bertz CT molecular complexity index is 1280. The quantitative estimate of drug-likeness (QED) is 0.348. The third-order valence-corrected chi connectivity index (χ3v) is 7.61. The first-order chi connectivity index (χ1) is 17.3. The number of likely N-dealkylation sites (tertiary alicyclic amines) is 1. The van der Waals surface area contributed by atoms with E-state index in [1.54, 1.807) is 31.4 Å². The van der Waals surface area contributed by atoms with Crippen molar-refractivity contribution in [1.29, 1.82) is 0 Å². The van der Waals surface area contributed by atoms with Crippen LogP contribution in [0.4, 0.5) is 8.78 Å². The molecule has 1 atom stereocenters. The Hall–Kier alpha value is -2.43. The number of halogens is 4. The number of benzene rings is 2. The Morgan fingerprint density at radius 3 is 2.64 bits per heavy atom. The van der Waals surface area contributed by atoms with E-state index in [4.69, 9.17) is 27.9 Å². The summed E-state index contributed by atoms with van der Waals surface area (Å²) in [5, 5.41) is 11.2. The minimum atomic E-state index is -1.29. The molecule has 0 bridgehead atoms. The van der Waals surface area contributed by atoms with E-state index in [9.17, 15) is 9.50 Å². The molecule has 4 nitrogen and oxygen atoms in total. The van der Waals surface area contributed by atoms with Crippen LogP contribution in [0.5, 0.6) is 5.75 Å². The van der Waals surface area contributed by atoms with Gasteiger partial charge in [0.1, 0.15) is 17.7 Å². The molecular weight excluding hydrogens is 505 g/mol. The minimum Gasteiger partial charge on any atom is -0.497 e. The van der Waals surface area contributed by atoms with Gasteiger partial charge in [0.2, 0.25) is 0 Å². The van der Waals surface area contributed by atoms with Gasteiger partial charge in [-0.3, -0.25) is 9.88 Å². The summed E-state index contributed by atoms with van der Waals surface area (Å²) in [6.45, 7) is 2.08. The van der Waals surface area contributed by atoms with Gasteiger partial charge in [-0.25, -0.2) is 8.78 Å². The Balaban J connectivity index is 1.37. The lowest BCUT2D eigenvalue weighted by atomic mass is 9.74. The van der Waals surface area contributed by atoms with Crippen molar-refractivity contribution >= 4 is 34.1 Å². The number of piperidine rings is 1. The fourth-order valence-corrected chi connectivity index (χ4v) is 5.14. The third kappa shape index (κ3) is 6.10. The number of aliphatic hydroxyl groups excluding tert-OH is 1. The number of nitrogens with zero attached hydrogens (tertiary/aromatic N) is 2. The van der Waals surface area contributed by atoms with Gasteiger partial charge in [0, 0.05) is 29.3 Å². The standard InChI is InChI=1S/C28H28Cl2F2N2O2/c1-36-20-5-7-26-21(16-20)27(23(30)17-33-26)25(32)8-9-28(18-35)10-13-34(14-11-28)12-2-3-19-4-6-24(31)22(29)15-19/h4-7,15-17,25,35H,8-14,18H2,1H3. The molecule has 2 aromatic carbocycles. The predicted molar refractivity (Wildman–Crippen MR) is 140 cm³/mol. The Labute approximate surface area is 220 Å². The number of alkyl halides is 1. The van der Waals surface area contributed by atoms with Gasteiger partial charge in [-0.2, -0.15) is 0 Å². The third-order valence-electron chi connectivity index (χ3n) is 7.02. The molecule has 0 spiro atoms. The van der Waals surface area contributed by atoms with E-state index in [0.717, 1.165) is 25.9 Å². The molecule has 1 aliphatic heterocycles. The summed E-state index contributed by atoms with van der Waals surface area (Å²) < 4.78 is 34.2. The fraction of sp³-hybridized carbons (Fsp3) is 0.393. The maximum atomic E-state index is 15.6. The first-order valence-electron chi connectivity index (χ1n) is 11.9. The molecular formula is C28H28Cl2F2N2O2. The van der Waals surface area contributed by atoms with Crippen LogP contribution >= 0.6 is 23.2 Å². The zero-order valence-electron chi connectivity index (χ0n) is 20.0. The fourth-order valence-electron chi connectivity index (χ4n) is 4.69. The number of hydrogen-bond acceptors (Lipinski definition) is 4. The van der Waals surface area contributed by atoms with E-state index in [-0.39, 0.29) is 28.5 Å². The molecule has 2 heterocycles. The van der Waals surface area contributed by atoms with E-state index in [1.165, 1.54) is 18.3 Å². The van der Waals surface area contributed by atoms with Crippen molar-refractivity contribution in [2.24, 2.45) is 5.41 Å². The van der Waals surface area contributed by atoms with Crippen molar-refractivity contribution in [3.8, 4) is 17.6 Å². The van der Waals surface area contributed by atoms with Crippen molar-refractivity contribution in [3.05, 3.63) is 69.6 Å². The second kappa shape index (κ2) is 11.7. The molecule has 3 aromatic rings. The van der Waals surface area contributed by atoms with Gasteiger partial charge < -0.3 is 9.84 Å². The molecule has 0 amide bonds. The highest BCUT2D eigenvalue weighted by Crippen LogP contribution is 2.41. The summed E-state index contributed by atoms with van der Waals surface area (Å²) in [5.74, 6) is 6.27.